The lowest BCUT2D eigenvalue weighted by atomic mass is 9.64. The van der Waals surface area contributed by atoms with Crippen LogP contribution in [0.2, 0.25) is 5.02 Å². The fraction of sp³-hybridized carbons (Fsp3) is 0.611. The Kier molecular flexibility index (Phi) is 4.51. The largest absolute Gasteiger partial charge is 0.390 e. The van der Waals surface area contributed by atoms with Crippen molar-refractivity contribution < 1.29 is 5.11 Å². The number of anilines is 1. The predicted octanol–water partition coefficient (Wildman–Crippen LogP) is 2.22. The van der Waals surface area contributed by atoms with Crippen molar-refractivity contribution >= 4 is 23.1 Å². The summed E-state index contributed by atoms with van der Waals surface area (Å²) in [6.45, 7) is 3.55. The summed E-state index contributed by atoms with van der Waals surface area (Å²) in [5.74, 6) is 0.450. The number of nitrogens with one attached hydrogen (secondary N) is 2. The number of hydrogen-bond acceptors (Lipinski definition) is 6. The zero-order valence-electron chi connectivity index (χ0n) is 14.8. The standard InChI is InChI=1S/C18H23ClN6O/c1-2-18(5-3-6-18)16-11(8-20)15(19)13-9-22-17(24-25(13)16)23-12-4-7-21-10-14(12)26/h9,12,14,21,26H,2-7,10H2,1H3,(H,23,24)/t12-,14+/m0/s1. The first-order valence-electron chi connectivity index (χ1n) is 9.23. The van der Waals surface area contributed by atoms with Crippen molar-refractivity contribution in [3.05, 3.63) is 22.5 Å². The van der Waals surface area contributed by atoms with Crippen LogP contribution in [0.3, 0.4) is 0 Å². The van der Waals surface area contributed by atoms with Gasteiger partial charge in [-0.1, -0.05) is 24.9 Å². The molecule has 2 fully saturated rings. The smallest absolute Gasteiger partial charge is 0.241 e. The third-order valence-electron chi connectivity index (χ3n) is 5.99. The summed E-state index contributed by atoms with van der Waals surface area (Å²) in [4.78, 5) is 4.37. The Hall–Kier alpha value is -1.88. The number of β-amino-alcohol motifs (C(OH)–C–C–N with tert-alkyl or cyclic N) is 1. The van der Waals surface area contributed by atoms with E-state index in [1.807, 2.05) is 0 Å². The number of hydrogen-bond donors (Lipinski definition) is 3. The van der Waals surface area contributed by atoms with E-state index in [0.29, 0.717) is 28.6 Å². The van der Waals surface area contributed by atoms with E-state index in [1.165, 1.54) is 0 Å². The maximum atomic E-state index is 10.1. The Balaban J connectivity index is 1.78. The van der Waals surface area contributed by atoms with Crippen molar-refractivity contribution in [3.63, 3.8) is 0 Å². The minimum atomic E-state index is -0.487. The SMILES string of the molecule is CCC1(c2c(C#N)c(Cl)c3cnc(N[C@H]4CCNC[C@H]4O)nn23)CCC1. The Morgan fingerprint density at radius 3 is 2.96 bits per heavy atom. The van der Waals surface area contributed by atoms with Crippen molar-refractivity contribution in [2.75, 3.05) is 18.4 Å². The van der Waals surface area contributed by atoms with Gasteiger partial charge in [-0.25, -0.2) is 9.50 Å². The van der Waals surface area contributed by atoms with E-state index in [0.717, 1.165) is 44.3 Å². The minimum Gasteiger partial charge on any atom is -0.390 e. The highest BCUT2D eigenvalue weighted by molar-refractivity contribution is 6.35. The second-order valence-corrected chi connectivity index (χ2v) is 7.70. The molecule has 2 aromatic rings. The van der Waals surface area contributed by atoms with E-state index in [9.17, 15) is 10.4 Å². The molecule has 2 atom stereocenters. The molecule has 7 nitrogen and oxygen atoms in total. The summed E-state index contributed by atoms with van der Waals surface area (Å²) in [7, 11) is 0. The molecule has 0 radical (unpaired) electrons. The highest BCUT2D eigenvalue weighted by Gasteiger charge is 2.42. The summed E-state index contributed by atoms with van der Waals surface area (Å²) in [5, 5.41) is 31.3. The average Bonchev–Trinajstić information content (AvgIpc) is 2.89. The molecule has 2 aromatic heterocycles. The molecule has 0 aromatic carbocycles. The third kappa shape index (κ3) is 2.64. The lowest BCUT2D eigenvalue weighted by Gasteiger charge is -2.41. The molecular formula is C18H23ClN6O. The van der Waals surface area contributed by atoms with Gasteiger partial charge in [0, 0.05) is 12.0 Å². The molecule has 0 bridgehead atoms. The van der Waals surface area contributed by atoms with Gasteiger partial charge in [0.15, 0.2) is 0 Å². The van der Waals surface area contributed by atoms with Crippen molar-refractivity contribution in [3.8, 4) is 6.07 Å². The third-order valence-corrected chi connectivity index (χ3v) is 6.37. The highest BCUT2D eigenvalue weighted by atomic mass is 35.5. The van der Waals surface area contributed by atoms with Gasteiger partial charge in [-0.05, 0) is 32.2 Å². The maximum absolute atomic E-state index is 10.1. The summed E-state index contributed by atoms with van der Waals surface area (Å²) < 4.78 is 1.80. The van der Waals surface area contributed by atoms with Crippen LogP contribution in [0.5, 0.6) is 0 Å². The van der Waals surface area contributed by atoms with E-state index in [4.69, 9.17) is 11.6 Å². The number of nitriles is 1. The summed E-state index contributed by atoms with van der Waals surface area (Å²) >= 11 is 6.48. The lowest BCUT2D eigenvalue weighted by molar-refractivity contribution is 0.128. The van der Waals surface area contributed by atoms with Crippen molar-refractivity contribution in [1.82, 2.24) is 19.9 Å². The predicted molar refractivity (Wildman–Crippen MR) is 99.4 cm³/mol. The molecule has 1 saturated carbocycles. The zero-order chi connectivity index (χ0) is 18.3. The van der Waals surface area contributed by atoms with Crippen LogP contribution in [0.15, 0.2) is 6.20 Å². The van der Waals surface area contributed by atoms with Crippen LogP contribution in [-0.2, 0) is 5.41 Å². The van der Waals surface area contributed by atoms with Gasteiger partial charge < -0.3 is 15.7 Å². The molecule has 138 valence electrons. The van der Waals surface area contributed by atoms with Gasteiger partial charge in [-0.2, -0.15) is 5.26 Å². The normalized spacial score (nSPS) is 24.8. The molecule has 1 aliphatic carbocycles. The Morgan fingerprint density at radius 1 is 1.54 bits per heavy atom. The molecule has 3 heterocycles. The van der Waals surface area contributed by atoms with E-state index in [1.54, 1.807) is 10.7 Å². The first-order chi connectivity index (χ1) is 12.6. The van der Waals surface area contributed by atoms with Gasteiger partial charge in [-0.3, -0.25) is 0 Å². The molecular weight excluding hydrogens is 352 g/mol. The van der Waals surface area contributed by atoms with Crippen LogP contribution in [0.25, 0.3) is 5.52 Å². The van der Waals surface area contributed by atoms with Crippen LogP contribution in [0, 0.1) is 11.3 Å². The van der Waals surface area contributed by atoms with Gasteiger partial charge in [0.25, 0.3) is 0 Å². The number of aromatic nitrogens is 3. The highest BCUT2D eigenvalue weighted by Crippen LogP contribution is 2.49. The first-order valence-corrected chi connectivity index (χ1v) is 9.60. The Morgan fingerprint density at radius 2 is 2.35 bits per heavy atom. The molecule has 0 spiro atoms. The Bertz CT molecular complexity index is 863. The Labute approximate surface area is 157 Å². The lowest BCUT2D eigenvalue weighted by Crippen LogP contribution is -2.48. The topological polar surface area (TPSA) is 98.3 Å². The molecule has 8 heteroatoms. The monoisotopic (exact) mass is 374 g/mol. The van der Waals surface area contributed by atoms with Crippen LogP contribution in [-0.4, -0.2) is 44.9 Å². The maximum Gasteiger partial charge on any atom is 0.241 e. The number of halogens is 1. The van der Waals surface area contributed by atoms with Crippen molar-refractivity contribution in [2.45, 2.75) is 56.6 Å². The summed E-state index contributed by atoms with van der Waals surface area (Å²) in [5.41, 5.74) is 2.04. The molecule has 1 saturated heterocycles. The average molecular weight is 375 g/mol. The molecule has 2 aliphatic rings. The molecule has 1 aliphatic heterocycles. The molecule has 0 unspecified atom stereocenters. The van der Waals surface area contributed by atoms with E-state index in [2.05, 4.69) is 33.7 Å². The molecule has 0 amide bonds. The second-order valence-electron chi connectivity index (χ2n) is 7.33. The fourth-order valence-electron chi connectivity index (χ4n) is 4.21. The number of aliphatic hydroxyl groups is 1. The van der Waals surface area contributed by atoms with Gasteiger partial charge >= 0.3 is 0 Å². The number of fused-ring (bicyclic) bond motifs is 1. The van der Waals surface area contributed by atoms with E-state index >= 15 is 0 Å². The quantitative estimate of drug-likeness (QED) is 0.759. The first kappa shape index (κ1) is 17.5. The van der Waals surface area contributed by atoms with Crippen molar-refractivity contribution in [1.29, 1.82) is 5.26 Å². The van der Waals surface area contributed by atoms with Gasteiger partial charge in [0.2, 0.25) is 5.95 Å². The van der Waals surface area contributed by atoms with Crippen LogP contribution >= 0.6 is 11.6 Å². The number of nitrogens with zero attached hydrogens (tertiary/aromatic N) is 4. The van der Waals surface area contributed by atoms with Crippen molar-refractivity contribution in [2.24, 2.45) is 0 Å². The summed E-state index contributed by atoms with van der Waals surface area (Å²) in [6, 6.07) is 2.19. The minimum absolute atomic E-state index is 0.0407. The van der Waals surface area contributed by atoms with Gasteiger partial charge in [0.1, 0.15) is 11.6 Å². The number of piperidine rings is 1. The van der Waals surface area contributed by atoms with E-state index < -0.39 is 6.10 Å². The van der Waals surface area contributed by atoms with Crippen LogP contribution in [0.1, 0.15) is 50.3 Å². The van der Waals surface area contributed by atoms with Gasteiger partial charge in [-0.15, -0.1) is 5.10 Å². The fourth-order valence-corrected chi connectivity index (χ4v) is 4.47. The molecule has 26 heavy (non-hydrogen) atoms. The molecule has 4 rings (SSSR count). The second kappa shape index (κ2) is 6.69. The number of rotatable bonds is 4. The summed E-state index contributed by atoms with van der Waals surface area (Å²) in [6.07, 6.45) is 6.16. The zero-order valence-corrected chi connectivity index (χ0v) is 15.6. The van der Waals surface area contributed by atoms with Crippen LogP contribution < -0.4 is 10.6 Å². The number of aliphatic hydroxyl groups excluding tert-OH is 1. The van der Waals surface area contributed by atoms with E-state index in [-0.39, 0.29) is 11.5 Å². The molecule has 3 N–H and O–H groups in total. The van der Waals surface area contributed by atoms with Crippen LogP contribution in [0.4, 0.5) is 5.95 Å². The van der Waals surface area contributed by atoms with Gasteiger partial charge in [0.05, 0.1) is 34.6 Å².